The van der Waals surface area contributed by atoms with Crippen molar-refractivity contribution in [2.45, 2.75) is 18.9 Å². The molecule has 0 aliphatic carbocycles. The molecule has 1 amide bonds. The fourth-order valence-corrected chi connectivity index (χ4v) is 3.03. The van der Waals surface area contributed by atoms with Crippen LogP contribution in [0.1, 0.15) is 33.2 Å². The number of carbonyl (C=O) groups is 3. The number of ether oxygens (including phenoxy) is 2. The molecule has 1 atom stereocenters. The lowest BCUT2D eigenvalue weighted by atomic mass is 9.89. The highest BCUT2D eigenvalue weighted by atomic mass is 35.5. The van der Waals surface area contributed by atoms with E-state index in [4.69, 9.17) is 16.3 Å². The topological polar surface area (TPSA) is 81.7 Å². The van der Waals surface area contributed by atoms with Crippen molar-refractivity contribution in [2.75, 3.05) is 12.4 Å². The van der Waals surface area contributed by atoms with Crippen molar-refractivity contribution in [1.29, 1.82) is 0 Å². The third kappa shape index (κ3) is 3.64. The Labute approximate surface area is 159 Å². The Kier molecular flexibility index (Phi) is 4.89. The zero-order chi connectivity index (χ0) is 19.8. The number of hydrogen-bond donors (Lipinski definition) is 1. The molecule has 8 heteroatoms. The lowest BCUT2D eigenvalue weighted by Crippen LogP contribution is -2.49. The fraction of sp³-hybridized carbons (Fsp3) is 0.211. The number of amides is 1. The van der Waals surface area contributed by atoms with Crippen molar-refractivity contribution < 1.29 is 28.2 Å². The van der Waals surface area contributed by atoms with Crippen LogP contribution in [0, 0.1) is 5.82 Å². The summed E-state index contributed by atoms with van der Waals surface area (Å²) >= 11 is 5.95. The van der Waals surface area contributed by atoms with Gasteiger partial charge in [-0.1, -0.05) is 11.6 Å². The molecule has 0 bridgehead atoms. The Morgan fingerprint density at radius 3 is 2.70 bits per heavy atom. The molecule has 1 aliphatic heterocycles. The molecule has 27 heavy (non-hydrogen) atoms. The van der Waals surface area contributed by atoms with Gasteiger partial charge in [-0.15, -0.1) is 0 Å². The first-order valence-corrected chi connectivity index (χ1v) is 8.32. The number of fused-ring (bicyclic) bond motifs is 1. The van der Waals surface area contributed by atoms with E-state index in [9.17, 15) is 18.8 Å². The van der Waals surface area contributed by atoms with Crippen LogP contribution in [0.25, 0.3) is 0 Å². The molecular weight excluding hydrogens is 377 g/mol. The molecule has 0 spiro atoms. The zero-order valence-corrected chi connectivity index (χ0v) is 15.2. The molecule has 140 valence electrons. The highest BCUT2D eigenvalue weighted by molar-refractivity contribution is 6.31. The van der Waals surface area contributed by atoms with Gasteiger partial charge < -0.3 is 14.8 Å². The maximum absolute atomic E-state index is 13.5. The first kappa shape index (κ1) is 18.8. The summed E-state index contributed by atoms with van der Waals surface area (Å²) in [6, 6.07) is 7.93. The number of hydrogen-bond acceptors (Lipinski definition) is 5. The van der Waals surface area contributed by atoms with Gasteiger partial charge in [0.25, 0.3) is 5.91 Å². The van der Waals surface area contributed by atoms with Gasteiger partial charge in [-0.25, -0.2) is 14.0 Å². The smallest absolute Gasteiger partial charge is 0.339 e. The van der Waals surface area contributed by atoms with Crippen LogP contribution in [0.2, 0.25) is 5.02 Å². The van der Waals surface area contributed by atoms with Crippen LogP contribution in [0.15, 0.2) is 36.4 Å². The SMILES string of the molecule is COC(=O)c1ccc(Cl)cc1NC(=O)C1(C)Cc2cc(F)ccc2C(=O)O1. The molecular formula is C19H15ClFNO5. The van der Waals surface area contributed by atoms with Crippen molar-refractivity contribution in [1.82, 2.24) is 0 Å². The Balaban J connectivity index is 1.92. The van der Waals surface area contributed by atoms with Gasteiger partial charge in [0.1, 0.15) is 5.82 Å². The number of esters is 2. The van der Waals surface area contributed by atoms with Crippen molar-refractivity contribution in [2.24, 2.45) is 0 Å². The average molecular weight is 392 g/mol. The number of halogens is 2. The standard InChI is InChI=1S/C19H15ClFNO5/c1-19(9-10-7-12(21)4-6-13(10)17(24)27-19)18(25)22-15-8-11(20)3-5-14(15)16(23)26-2/h3-8H,9H2,1-2H3,(H,22,25). The molecule has 1 aliphatic rings. The largest absolute Gasteiger partial charge is 0.465 e. The lowest BCUT2D eigenvalue weighted by molar-refractivity contribution is -0.134. The monoisotopic (exact) mass is 391 g/mol. The molecule has 0 aromatic heterocycles. The maximum Gasteiger partial charge on any atom is 0.339 e. The van der Waals surface area contributed by atoms with E-state index in [2.05, 4.69) is 10.1 Å². The summed E-state index contributed by atoms with van der Waals surface area (Å²) in [5.41, 5.74) is -0.815. The molecule has 1 heterocycles. The van der Waals surface area contributed by atoms with E-state index >= 15 is 0 Å². The van der Waals surface area contributed by atoms with Crippen LogP contribution < -0.4 is 5.32 Å². The second-order valence-electron chi connectivity index (χ2n) is 6.23. The summed E-state index contributed by atoms with van der Waals surface area (Å²) < 4.78 is 23.5. The van der Waals surface area contributed by atoms with Crippen molar-refractivity contribution >= 4 is 35.1 Å². The normalized spacial score (nSPS) is 18.3. The molecule has 2 aromatic rings. The van der Waals surface area contributed by atoms with Crippen LogP contribution in [0.5, 0.6) is 0 Å². The zero-order valence-electron chi connectivity index (χ0n) is 14.5. The highest BCUT2D eigenvalue weighted by Gasteiger charge is 2.43. The number of nitrogens with one attached hydrogen (secondary N) is 1. The molecule has 1 N–H and O–H groups in total. The van der Waals surface area contributed by atoms with Crippen molar-refractivity contribution in [3.05, 3.63) is 63.9 Å². The van der Waals surface area contributed by atoms with Gasteiger partial charge in [0, 0.05) is 11.4 Å². The maximum atomic E-state index is 13.5. The molecule has 0 radical (unpaired) electrons. The van der Waals surface area contributed by atoms with E-state index in [1.54, 1.807) is 0 Å². The first-order chi connectivity index (χ1) is 12.7. The number of carbonyl (C=O) groups excluding carboxylic acids is 3. The highest BCUT2D eigenvalue weighted by Crippen LogP contribution is 2.31. The lowest BCUT2D eigenvalue weighted by Gasteiger charge is -2.33. The Morgan fingerprint density at radius 2 is 2.00 bits per heavy atom. The minimum Gasteiger partial charge on any atom is -0.465 e. The molecule has 0 saturated heterocycles. The van der Waals surface area contributed by atoms with E-state index in [1.165, 1.54) is 44.4 Å². The van der Waals surface area contributed by atoms with E-state index in [0.29, 0.717) is 5.56 Å². The van der Waals surface area contributed by atoms with Gasteiger partial charge >= 0.3 is 11.9 Å². The number of cyclic esters (lactones) is 1. The number of anilines is 1. The number of benzene rings is 2. The summed E-state index contributed by atoms with van der Waals surface area (Å²) in [4.78, 5) is 36.9. The Hall–Kier alpha value is -2.93. The summed E-state index contributed by atoms with van der Waals surface area (Å²) in [7, 11) is 1.21. The average Bonchev–Trinajstić information content (AvgIpc) is 2.60. The predicted octanol–water partition coefficient (Wildman–Crippen LogP) is 3.38. The van der Waals surface area contributed by atoms with Gasteiger partial charge in [-0.3, -0.25) is 4.79 Å². The van der Waals surface area contributed by atoms with Gasteiger partial charge in [0.15, 0.2) is 5.60 Å². The minimum atomic E-state index is -1.59. The third-order valence-corrected chi connectivity index (χ3v) is 4.48. The second-order valence-corrected chi connectivity index (χ2v) is 6.67. The van der Waals surface area contributed by atoms with E-state index in [0.717, 1.165) is 6.07 Å². The molecule has 0 saturated carbocycles. The quantitative estimate of drug-likeness (QED) is 0.811. The van der Waals surface area contributed by atoms with Gasteiger partial charge in [0.2, 0.25) is 0 Å². The summed E-state index contributed by atoms with van der Waals surface area (Å²) in [6.07, 6.45) is -0.0220. The van der Waals surface area contributed by atoms with Gasteiger partial charge in [0.05, 0.1) is 23.9 Å². The van der Waals surface area contributed by atoms with Crippen LogP contribution in [0.4, 0.5) is 10.1 Å². The second kappa shape index (κ2) is 7.00. The van der Waals surface area contributed by atoms with Crippen LogP contribution in [0.3, 0.4) is 0 Å². The summed E-state index contributed by atoms with van der Waals surface area (Å²) in [5.74, 6) is -2.60. The number of methoxy groups -OCH3 is 1. The number of rotatable bonds is 3. The van der Waals surface area contributed by atoms with E-state index < -0.39 is 29.3 Å². The first-order valence-electron chi connectivity index (χ1n) is 7.94. The van der Waals surface area contributed by atoms with Crippen LogP contribution >= 0.6 is 11.6 Å². The molecule has 1 unspecified atom stereocenters. The third-order valence-electron chi connectivity index (χ3n) is 4.25. The van der Waals surface area contributed by atoms with Crippen molar-refractivity contribution in [3.8, 4) is 0 Å². The van der Waals surface area contributed by atoms with Crippen LogP contribution in [-0.2, 0) is 20.7 Å². The van der Waals surface area contributed by atoms with E-state index in [-0.39, 0.29) is 28.3 Å². The Morgan fingerprint density at radius 1 is 1.26 bits per heavy atom. The summed E-state index contributed by atoms with van der Waals surface area (Å²) in [6.45, 7) is 1.41. The molecule has 6 nitrogen and oxygen atoms in total. The minimum absolute atomic E-state index is 0.0220. The Bertz CT molecular complexity index is 961. The van der Waals surface area contributed by atoms with Crippen molar-refractivity contribution in [3.63, 3.8) is 0 Å². The van der Waals surface area contributed by atoms with Gasteiger partial charge in [-0.2, -0.15) is 0 Å². The van der Waals surface area contributed by atoms with E-state index in [1.807, 2.05) is 0 Å². The molecule has 0 fully saturated rings. The fourth-order valence-electron chi connectivity index (χ4n) is 2.86. The van der Waals surface area contributed by atoms with Crippen LogP contribution in [-0.4, -0.2) is 30.6 Å². The summed E-state index contributed by atoms with van der Waals surface area (Å²) in [5, 5.41) is 2.84. The molecule has 3 rings (SSSR count). The predicted molar refractivity (Wildman–Crippen MR) is 95.3 cm³/mol. The van der Waals surface area contributed by atoms with Gasteiger partial charge in [-0.05, 0) is 48.9 Å². The molecule has 2 aromatic carbocycles.